The Morgan fingerprint density at radius 3 is 2.29 bits per heavy atom. The first-order chi connectivity index (χ1) is 16.4. The zero-order valence-corrected chi connectivity index (χ0v) is 21.9. The van der Waals surface area contributed by atoms with Gasteiger partial charge in [-0.1, -0.05) is 88.4 Å². The summed E-state index contributed by atoms with van der Waals surface area (Å²) < 4.78 is 12.5. The van der Waals surface area contributed by atoms with Gasteiger partial charge in [0, 0.05) is 18.4 Å². The number of rotatable bonds is 17. The smallest absolute Gasteiger partial charge is 0.309 e. The van der Waals surface area contributed by atoms with E-state index in [1.54, 1.807) is 0 Å². The van der Waals surface area contributed by atoms with E-state index in [0.29, 0.717) is 12.8 Å². The molecule has 4 heteroatoms. The highest BCUT2D eigenvalue weighted by Gasteiger charge is 2.19. The fourth-order valence-corrected chi connectivity index (χ4v) is 4.24. The molecule has 0 aliphatic heterocycles. The summed E-state index contributed by atoms with van der Waals surface area (Å²) >= 11 is 0. The van der Waals surface area contributed by atoms with Gasteiger partial charge >= 0.3 is 5.97 Å². The molecule has 0 saturated heterocycles. The van der Waals surface area contributed by atoms with Gasteiger partial charge in [-0.2, -0.15) is 0 Å². The van der Waals surface area contributed by atoms with E-state index in [-0.39, 0.29) is 5.97 Å². The molecule has 34 heavy (non-hydrogen) atoms. The minimum Gasteiger partial charge on any atom is -0.455 e. The molecule has 0 heterocycles. The van der Waals surface area contributed by atoms with Crippen molar-refractivity contribution < 1.29 is 18.8 Å². The van der Waals surface area contributed by atoms with Gasteiger partial charge in [0.05, 0.1) is 27.1 Å². The molecule has 0 radical (unpaired) electrons. The summed E-state index contributed by atoms with van der Waals surface area (Å²) in [6.07, 6.45) is 10.1. The van der Waals surface area contributed by atoms with Gasteiger partial charge in [-0.05, 0) is 30.5 Å². The van der Waals surface area contributed by atoms with Crippen LogP contribution in [0.4, 0.5) is 0 Å². The van der Waals surface area contributed by atoms with Gasteiger partial charge in [0.2, 0.25) is 6.29 Å². The highest BCUT2D eigenvalue weighted by molar-refractivity contribution is 5.69. The van der Waals surface area contributed by atoms with Gasteiger partial charge in [-0.15, -0.1) is 0 Å². The molecule has 0 aliphatic rings. The fraction of sp³-hybridized carbons (Fsp3) is 0.567. The number of benzene rings is 2. The Balaban J connectivity index is 1.72. The Hall–Kier alpha value is -2.33. The number of hydrogen-bond donors (Lipinski definition) is 0. The van der Waals surface area contributed by atoms with E-state index in [1.807, 2.05) is 25.1 Å². The SMILES string of the molecule is CCCCCCCCc1cccc(OC(CC)OC(=O)CCC[N+](C)(C)Cc2ccccc2)c1. The average molecular weight is 469 g/mol. The van der Waals surface area contributed by atoms with Crippen molar-refractivity contribution in [2.45, 2.75) is 90.9 Å². The lowest BCUT2D eigenvalue weighted by Crippen LogP contribution is -2.39. The summed E-state index contributed by atoms with van der Waals surface area (Å²) in [5.74, 6) is 0.596. The molecule has 2 rings (SSSR count). The molecule has 0 fully saturated rings. The number of quaternary nitrogens is 1. The van der Waals surface area contributed by atoms with Gasteiger partial charge < -0.3 is 14.0 Å². The van der Waals surface area contributed by atoms with Crippen molar-refractivity contribution in [2.24, 2.45) is 0 Å². The second-order valence-electron chi connectivity index (χ2n) is 10.0. The summed E-state index contributed by atoms with van der Waals surface area (Å²) in [6.45, 7) is 6.10. The molecule has 188 valence electrons. The Bertz CT molecular complexity index is 819. The van der Waals surface area contributed by atoms with Gasteiger partial charge in [-0.3, -0.25) is 4.79 Å². The highest BCUT2D eigenvalue weighted by atomic mass is 16.7. The van der Waals surface area contributed by atoms with Crippen LogP contribution < -0.4 is 4.74 Å². The summed E-state index contributed by atoms with van der Waals surface area (Å²) in [6, 6.07) is 18.7. The van der Waals surface area contributed by atoms with Crippen molar-refractivity contribution in [1.29, 1.82) is 0 Å². The van der Waals surface area contributed by atoms with E-state index in [2.05, 4.69) is 57.4 Å². The molecule has 0 bridgehead atoms. The van der Waals surface area contributed by atoms with E-state index in [0.717, 1.165) is 36.2 Å². The predicted molar refractivity (Wildman–Crippen MR) is 141 cm³/mol. The quantitative estimate of drug-likeness (QED) is 0.106. The number of nitrogens with zero attached hydrogens (tertiary/aromatic N) is 1. The third-order valence-electron chi connectivity index (χ3n) is 6.18. The zero-order chi connectivity index (χ0) is 24.7. The average Bonchev–Trinajstić information content (AvgIpc) is 2.81. The Morgan fingerprint density at radius 2 is 1.56 bits per heavy atom. The molecule has 2 aromatic rings. The summed E-state index contributed by atoms with van der Waals surface area (Å²) in [5, 5.41) is 0. The second kappa shape index (κ2) is 15.5. The number of aryl methyl sites for hydroxylation is 1. The maximum absolute atomic E-state index is 12.5. The van der Waals surface area contributed by atoms with Crippen molar-refractivity contribution >= 4 is 5.97 Å². The van der Waals surface area contributed by atoms with Crippen LogP contribution in [0.15, 0.2) is 54.6 Å². The van der Waals surface area contributed by atoms with Crippen LogP contribution in [0.25, 0.3) is 0 Å². The highest BCUT2D eigenvalue weighted by Crippen LogP contribution is 2.19. The van der Waals surface area contributed by atoms with Crippen LogP contribution in [0.2, 0.25) is 0 Å². The Kier molecular flexibility index (Phi) is 12.8. The number of carbonyl (C=O) groups excluding carboxylic acids is 1. The predicted octanol–water partition coefficient (Wildman–Crippen LogP) is 7.30. The van der Waals surface area contributed by atoms with Crippen LogP contribution in [0.3, 0.4) is 0 Å². The van der Waals surface area contributed by atoms with Gasteiger partial charge in [0.25, 0.3) is 0 Å². The number of esters is 1. The van der Waals surface area contributed by atoms with E-state index in [9.17, 15) is 4.79 Å². The first kappa shape index (κ1) is 27.9. The summed E-state index contributed by atoms with van der Waals surface area (Å²) in [5.41, 5.74) is 2.60. The second-order valence-corrected chi connectivity index (χ2v) is 10.0. The van der Waals surface area contributed by atoms with E-state index < -0.39 is 6.29 Å². The number of ether oxygens (including phenoxy) is 2. The van der Waals surface area contributed by atoms with Crippen LogP contribution in [-0.2, 0) is 22.5 Å². The van der Waals surface area contributed by atoms with Crippen LogP contribution >= 0.6 is 0 Å². The number of hydrogen-bond acceptors (Lipinski definition) is 3. The number of carbonyl (C=O) groups is 1. The van der Waals surface area contributed by atoms with Crippen molar-refractivity contribution in [3.8, 4) is 5.75 Å². The molecule has 1 atom stereocenters. The van der Waals surface area contributed by atoms with Gasteiger partial charge in [0.15, 0.2) is 0 Å². The normalized spacial score (nSPS) is 12.4. The molecule has 0 spiro atoms. The molecule has 0 amide bonds. The van der Waals surface area contributed by atoms with Crippen LogP contribution in [0.1, 0.15) is 82.8 Å². The largest absolute Gasteiger partial charge is 0.455 e. The fourth-order valence-electron chi connectivity index (χ4n) is 4.24. The maximum Gasteiger partial charge on any atom is 0.309 e. The van der Waals surface area contributed by atoms with Crippen molar-refractivity contribution in [3.05, 3.63) is 65.7 Å². The molecule has 0 N–H and O–H groups in total. The van der Waals surface area contributed by atoms with Crippen molar-refractivity contribution in [3.63, 3.8) is 0 Å². The van der Waals surface area contributed by atoms with Crippen LogP contribution in [-0.4, -0.2) is 37.4 Å². The molecule has 0 saturated carbocycles. The first-order valence-corrected chi connectivity index (χ1v) is 13.2. The van der Waals surface area contributed by atoms with Crippen molar-refractivity contribution in [1.82, 2.24) is 0 Å². The third-order valence-corrected chi connectivity index (χ3v) is 6.18. The minimum absolute atomic E-state index is 0.185. The standard InChI is InChI=1S/C30H46NO3/c1-5-7-8-9-10-12-17-26-20-15-21-28(24-26)33-30(6-2)34-29(32)22-16-23-31(3,4)25-27-18-13-11-14-19-27/h11,13-15,18-21,24,30H,5-10,12,16-17,22-23,25H2,1-4H3/q+1. The maximum atomic E-state index is 12.5. The summed E-state index contributed by atoms with van der Waals surface area (Å²) in [4.78, 5) is 12.5. The molecular weight excluding hydrogens is 422 g/mol. The number of unbranched alkanes of at least 4 members (excludes halogenated alkanes) is 5. The van der Waals surface area contributed by atoms with E-state index in [4.69, 9.17) is 9.47 Å². The first-order valence-electron chi connectivity index (χ1n) is 13.2. The van der Waals surface area contributed by atoms with Gasteiger partial charge in [-0.25, -0.2) is 0 Å². The molecule has 0 aromatic heterocycles. The molecule has 1 unspecified atom stereocenters. The molecule has 0 aliphatic carbocycles. The van der Waals surface area contributed by atoms with Gasteiger partial charge in [0.1, 0.15) is 12.3 Å². The monoisotopic (exact) mass is 468 g/mol. The Labute approximate surface area is 207 Å². The van der Waals surface area contributed by atoms with E-state index in [1.165, 1.54) is 49.7 Å². The van der Waals surface area contributed by atoms with Crippen LogP contribution in [0, 0.1) is 0 Å². The topological polar surface area (TPSA) is 35.5 Å². The Morgan fingerprint density at radius 1 is 0.853 bits per heavy atom. The van der Waals surface area contributed by atoms with E-state index >= 15 is 0 Å². The van der Waals surface area contributed by atoms with Crippen LogP contribution in [0.5, 0.6) is 5.75 Å². The molecular formula is C30H46NO3+. The lowest BCUT2D eigenvalue weighted by Gasteiger charge is -2.30. The van der Waals surface area contributed by atoms with Crippen molar-refractivity contribution in [2.75, 3.05) is 20.6 Å². The lowest BCUT2D eigenvalue weighted by molar-refractivity contribution is -0.903. The summed E-state index contributed by atoms with van der Waals surface area (Å²) in [7, 11) is 4.41. The zero-order valence-electron chi connectivity index (χ0n) is 21.9. The minimum atomic E-state index is -0.538. The third kappa shape index (κ3) is 11.7. The molecule has 4 nitrogen and oxygen atoms in total. The molecule has 2 aromatic carbocycles. The lowest BCUT2D eigenvalue weighted by atomic mass is 10.0.